The number of carbonyl (C=O) groups excluding carboxylic acids is 1. The summed E-state index contributed by atoms with van der Waals surface area (Å²) in [5.41, 5.74) is 1.33. The van der Waals surface area contributed by atoms with E-state index in [1.165, 1.54) is 39.9 Å². The van der Waals surface area contributed by atoms with E-state index in [9.17, 15) is 13.2 Å². The van der Waals surface area contributed by atoms with Crippen molar-refractivity contribution in [3.05, 3.63) is 57.9 Å². The van der Waals surface area contributed by atoms with Crippen LogP contribution in [0.4, 0.5) is 0 Å². The predicted molar refractivity (Wildman–Crippen MR) is 119 cm³/mol. The van der Waals surface area contributed by atoms with Crippen molar-refractivity contribution in [2.75, 3.05) is 13.1 Å². The summed E-state index contributed by atoms with van der Waals surface area (Å²) in [6.45, 7) is 3.75. The van der Waals surface area contributed by atoms with Crippen molar-refractivity contribution in [3.63, 3.8) is 0 Å². The highest BCUT2D eigenvalue weighted by Gasteiger charge is 2.25. The summed E-state index contributed by atoms with van der Waals surface area (Å²) in [4.78, 5) is 17.8. The molecule has 0 aliphatic carbocycles. The van der Waals surface area contributed by atoms with E-state index in [0.717, 1.165) is 29.5 Å². The summed E-state index contributed by atoms with van der Waals surface area (Å²) in [5.74, 6) is -0.406. The van der Waals surface area contributed by atoms with Gasteiger partial charge in [-0.15, -0.1) is 0 Å². The monoisotopic (exact) mass is 463 g/mol. The quantitative estimate of drug-likeness (QED) is 0.579. The average Bonchev–Trinajstić information content (AvgIpc) is 3.10. The van der Waals surface area contributed by atoms with Crippen LogP contribution in [0.1, 0.15) is 36.5 Å². The zero-order valence-corrected chi connectivity index (χ0v) is 18.9. The Kier molecular flexibility index (Phi) is 6.11. The van der Waals surface area contributed by atoms with Gasteiger partial charge in [0.2, 0.25) is 10.0 Å². The largest absolute Gasteiger partial charge is 0.317 e. The van der Waals surface area contributed by atoms with Gasteiger partial charge in [-0.1, -0.05) is 29.4 Å². The Labute approximate surface area is 184 Å². The molecule has 2 heterocycles. The molecule has 0 radical (unpaired) electrons. The van der Waals surface area contributed by atoms with Crippen LogP contribution < -0.4 is 4.80 Å². The smallest absolute Gasteiger partial charge is 0.279 e. The second-order valence-corrected chi connectivity index (χ2v) is 10.5. The van der Waals surface area contributed by atoms with Crippen LogP contribution >= 0.6 is 22.9 Å². The highest BCUT2D eigenvalue weighted by Crippen LogP contribution is 2.23. The van der Waals surface area contributed by atoms with Gasteiger partial charge in [-0.05, 0) is 62.2 Å². The summed E-state index contributed by atoms with van der Waals surface area (Å²) in [6.07, 6.45) is 2.82. The molecule has 1 saturated heterocycles. The number of carbonyl (C=O) groups is 1. The van der Waals surface area contributed by atoms with E-state index in [2.05, 4.69) is 4.99 Å². The van der Waals surface area contributed by atoms with E-state index in [1.807, 2.05) is 29.7 Å². The molecule has 1 amide bonds. The van der Waals surface area contributed by atoms with Crippen LogP contribution in [0.3, 0.4) is 0 Å². The standard InChI is InChI=1S/C21H22ClN3O3S2/c1-2-25-18-11-8-16(22)14-19(18)29-21(25)23-20(26)15-6-9-17(10-7-15)30(27,28)24-12-4-3-5-13-24/h6-11,14H,2-5,12-13H2,1H3. The van der Waals surface area contributed by atoms with Gasteiger partial charge in [-0.2, -0.15) is 9.30 Å². The lowest BCUT2D eigenvalue weighted by Crippen LogP contribution is -2.35. The molecule has 30 heavy (non-hydrogen) atoms. The summed E-state index contributed by atoms with van der Waals surface area (Å²) >= 11 is 7.48. The minimum absolute atomic E-state index is 0.209. The Morgan fingerprint density at radius 2 is 1.80 bits per heavy atom. The van der Waals surface area contributed by atoms with Gasteiger partial charge in [0, 0.05) is 30.2 Å². The van der Waals surface area contributed by atoms with Crippen molar-refractivity contribution in [1.82, 2.24) is 8.87 Å². The highest BCUT2D eigenvalue weighted by atomic mass is 35.5. The van der Waals surface area contributed by atoms with E-state index in [-0.39, 0.29) is 4.90 Å². The van der Waals surface area contributed by atoms with Gasteiger partial charge in [-0.25, -0.2) is 8.42 Å². The topological polar surface area (TPSA) is 71.7 Å². The number of halogens is 1. The molecule has 3 aromatic rings. The lowest BCUT2D eigenvalue weighted by molar-refractivity contribution is 0.0997. The number of aryl methyl sites for hydroxylation is 1. The maximum absolute atomic E-state index is 12.8. The zero-order chi connectivity index (χ0) is 21.3. The molecule has 6 nitrogen and oxygen atoms in total. The molecule has 4 rings (SSSR count). The Morgan fingerprint density at radius 3 is 2.47 bits per heavy atom. The molecule has 0 saturated carbocycles. The van der Waals surface area contributed by atoms with Gasteiger partial charge in [0.1, 0.15) is 0 Å². The van der Waals surface area contributed by atoms with Crippen molar-refractivity contribution in [3.8, 4) is 0 Å². The molecule has 0 N–H and O–H groups in total. The van der Waals surface area contributed by atoms with Gasteiger partial charge >= 0.3 is 0 Å². The number of piperidine rings is 1. The van der Waals surface area contributed by atoms with Crippen molar-refractivity contribution in [1.29, 1.82) is 0 Å². The number of thiazole rings is 1. The van der Waals surface area contributed by atoms with Crippen LogP contribution in [0.15, 0.2) is 52.4 Å². The molecular weight excluding hydrogens is 442 g/mol. The van der Waals surface area contributed by atoms with Gasteiger partial charge < -0.3 is 4.57 Å². The maximum Gasteiger partial charge on any atom is 0.279 e. The maximum atomic E-state index is 12.8. The molecule has 0 bridgehead atoms. The number of aromatic nitrogens is 1. The first-order valence-electron chi connectivity index (χ1n) is 9.88. The lowest BCUT2D eigenvalue weighted by Gasteiger charge is -2.25. The van der Waals surface area contributed by atoms with Crippen LogP contribution in [0.25, 0.3) is 10.2 Å². The summed E-state index contributed by atoms with van der Waals surface area (Å²) in [5, 5.41) is 0.635. The lowest BCUT2D eigenvalue weighted by atomic mass is 10.2. The van der Waals surface area contributed by atoms with E-state index < -0.39 is 15.9 Å². The molecule has 9 heteroatoms. The van der Waals surface area contributed by atoms with Crippen LogP contribution in [0, 0.1) is 0 Å². The minimum atomic E-state index is -3.52. The molecule has 1 aromatic heterocycles. The number of amides is 1. The highest BCUT2D eigenvalue weighted by molar-refractivity contribution is 7.89. The Bertz CT molecular complexity index is 1250. The van der Waals surface area contributed by atoms with Crippen molar-refractivity contribution in [2.24, 2.45) is 4.99 Å². The SMILES string of the molecule is CCn1c(=NC(=O)c2ccc(S(=O)(=O)N3CCCCC3)cc2)sc2cc(Cl)ccc21. The first-order valence-corrected chi connectivity index (χ1v) is 12.5. The Morgan fingerprint density at radius 1 is 1.10 bits per heavy atom. The van der Waals surface area contributed by atoms with Crippen LogP contribution in [0.2, 0.25) is 5.02 Å². The summed E-state index contributed by atoms with van der Waals surface area (Å²) in [7, 11) is -3.52. The third kappa shape index (κ3) is 4.09. The zero-order valence-electron chi connectivity index (χ0n) is 16.5. The molecule has 1 aliphatic rings. The Balaban J connectivity index is 1.64. The van der Waals surface area contributed by atoms with Gasteiger partial charge in [0.05, 0.1) is 15.1 Å². The number of rotatable bonds is 4. The number of hydrogen-bond acceptors (Lipinski definition) is 4. The number of benzene rings is 2. The van der Waals surface area contributed by atoms with E-state index in [0.29, 0.717) is 35.0 Å². The summed E-state index contributed by atoms with van der Waals surface area (Å²) in [6, 6.07) is 11.6. The molecule has 1 fully saturated rings. The van der Waals surface area contributed by atoms with Crippen LogP contribution in [0.5, 0.6) is 0 Å². The van der Waals surface area contributed by atoms with E-state index in [4.69, 9.17) is 11.6 Å². The second kappa shape index (κ2) is 8.63. The normalized spacial score (nSPS) is 16.3. The predicted octanol–water partition coefficient (Wildman–Crippen LogP) is 4.29. The second-order valence-electron chi connectivity index (χ2n) is 7.15. The third-order valence-corrected chi connectivity index (χ3v) is 8.40. The first kappa shape index (κ1) is 21.2. The van der Waals surface area contributed by atoms with Crippen LogP contribution in [-0.2, 0) is 16.6 Å². The van der Waals surface area contributed by atoms with E-state index in [1.54, 1.807) is 0 Å². The van der Waals surface area contributed by atoms with Crippen molar-refractivity contribution < 1.29 is 13.2 Å². The van der Waals surface area contributed by atoms with Gasteiger partial charge in [0.15, 0.2) is 4.80 Å². The third-order valence-electron chi connectivity index (χ3n) is 5.21. The number of nitrogens with zero attached hydrogens (tertiary/aromatic N) is 3. The molecule has 0 spiro atoms. The van der Waals surface area contributed by atoms with Gasteiger partial charge in [-0.3, -0.25) is 4.79 Å². The fraction of sp³-hybridized carbons (Fsp3) is 0.333. The van der Waals surface area contributed by atoms with Crippen molar-refractivity contribution >= 4 is 49.1 Å². The number of fused-ring (bicyclic) bond motifs is 1. The summed E-state index contributed by atoms with van der Waals surface area (Å²) < 4.78 is 30.0. The first-order chi connectivity index (χ1) is 14.4. The minimum Gasteiger partial charge on any atom is -0.317 e. The number of hydrogen-bond donors (Lipinski definition) is 0. The van der Waals surface area contributed by atoms with E-state index >= 15 is 0 Å². The number of sulfonamides is 1. The fourth-order valence-electron chi connectivity index (χ4n) is 3.61. The van der Waals surface area contributed by atoms with Gasteiger partial charge in [0.25, 0.3) is 5.91 Å². The molecule has 158 valence electrons. The average molecular weight is 464 g/mol. The Hall–Kier alpha value is -2.00. The fourth-order valence-corrected chi connectivity index (χ4v) is 6.50. The molecular formula is C21H22ClN3O3S2. The molecule has 0 atom stereocenters. The molecule has 1 aliphatic heterocycles. The van der Waals surface area contributed by atoms with Crippen LogP contribution in [-0.4, -0.2) is 36.3 Å². The van der Waals surface area contributed by atoms with Crippen molar-refractivity contribution in [2.45, 2.75) is 37.6 Å². The molecule has 0 unspecified atom stereocenters. The molecule has 2 aromatic carbocycles.